The van der Waals surface area contributed by atoms with Crippen molar-refractivity contribution < 1.29 is 8.78 Å². The average molecular weight is 333 g/mol. The molecule has 0 fully saturated rings. The first-order valence-electron chi connectivity index (χ1n) is 7.81. The van der Waals surface area contributed by atoms with Crippen molar-refractivity contribution in [3.8, 4) is 6.07 Å². The molecule has 3 aromatic rings. The molecule has 0 radical (unpaired) electrons. The van der Waals surface area contributed by atoms with Crippen molar-refractivity contribution in [2.75, 3.05) is 0 Å². The molecular formula is C20H13F2N3. The largest absolute Gasteiger partial charge is 0.281 e. The summed E-state index contributed by atoms with van der Waals surface area (Å²) in [4.78, 5) is 0. The SMILES string of the molecule is N#Cc1n[nH]c2c1C=CC(c1ccc(F)cc1)(c1ccc(F)cc1)C2. The molecule has 122 valence electrons. The maximum Gasteiger partial charge on any atom is 0.169 e. The first-order valence-corrected chi connectivity index (χ1v) is 7.81. The van der Waals surface area contributed by atoms with Crippen molar-refractivity contribution in [1.82, 2.24) is 10.2 Å². The van der Waals surface area contributed by atoms with Gasteiger partial charge in [-0.2, -0.15) is 10.4 Å². The first-order chi connectivity index (χ1) is 12.1. The molecule has 0 amide bonds. The zero-order valence-corrected chi connectivity index (χ0v) is 13.1. The molecule has 25 heavy (non-hydrogen) atoms. The number of benzene rings is 2. The van der Waals surface area contributed by atoms with Crippen molar-refractivity contribution in [2.24, 2.45) is 0 Å². The third kappa shape index (κ3) is 2.43. The van der Waals surface area contributed by atoms with E-state index < -0.39 is 5.41 Å². The van der Waals surface area contributed by atoms with Crippen LogP contribution in [0.3, 0.4) is 0 Å². The number of nitriles is 1. The Kier molecular flexibility index (Phi) is 3.47. The Labute approximate surface area is 143 Å². The molecule has 1 aromatic heterocycles. The van der Waals surface area contributed by atoms with Crippen molar-refractivity contribution in [3.05, 3.63) is 94.3 Å². The average Bonchev–Trinajstić information content (AvgIpc) is 3.04. The monoisotopic (exact) mass is 333 g/mol. The van der Waals surface area contributed by atoms with Crippen LogP contribution in [0.5, 0.6) is 0 Å². The van der Waals surface area contributed by atoms with Gasteiger partial charge in [0.2, 0.25) is 0 Å². The predicted octanol–water partition coefficient (Wildman–Crippen LogP) is 4.12. The van der Waals surface area contributed by atoms with E-state index in [0.29, 0.717) is 12.1 Å². The fourth-order valence-electron chi connectivity index (χ4n) is 3.41. The summed E-state index contributed by atoms with van der Waals surface area (Å²) in [6.07, 6.45) is 4.35. The lowest BCUT2D eigenvalue weighted by atomic mass is 9.68. The zero-order valence-electron chi connectivity index (χ0n) is 13.1. The van der Waals surface area contributed by atoms with E-state index in [1.54, 1.807) is 24.3 Å². The zero-order chi connectivity index (χ0) is 17.4. The molecule has 3 nitrogen and oxygen atoms in total. The summed E-state index contributed by atoms with van der Waals surface area (Å²) in [5, 5.41) is 16.1. The number of aromatic amines is 1. The van der Waals surface area contributed by atoms with Gasteiger partial charge in [0.25, 0.3) is 0 Å². The van der Waals surface area contributed by atoms with Crippen LogP contribution in [0, 0.1) is 23.0 Å². The van der Waals surface area contributed by atoms with Gasteiger partial charge in [-0.3, -0.25) is 5.10 Å². The van der Waals surface area contributed by atoms with E-state index in [4.69, 9.17) is 5.26 Å². The fraction of sp³-hybridized carbons (Fsp3) is 0.100. The highest BCUT2D eigenvalue weighted by atomic mass is 19.1. The summed E-state index contributed by atoms with van der Waals surface area (Å²) < 4.78 is 26.8. The summed E-state index contributed by atoms with van der Waals surface area (Å²) >= 11 is 0. The molecule has 5 heteroatoms. The van der Waals surface area contributed by atoms with Gasteiger partial charge in [0.1, 0.15) is 17.7 Å². The van der Waals surface area contributed by atoms with Crippen LogP contribution < -0.4 is 0 Å². The smallest absolute Gasteiger partial charge is 0.169 e. The Morgan fingerprint density at radius 3 is 2.04 bits per heavy atom. The second-order valence-corrected chi connectivity index (χ2v) is 6.07. The van der Waals surface area contributed by atoms with Crippen molar-refractivity contribution in [2.45, 2.75) is 11.8 Å². The van der Waals surface area contributed by atoms with Gasteiger partial charge in [-0.25, -0.2) is 8.78 Å². The summed E-state index contributed by atoms with van der Waals surface area (Å²) in [5.41, 5.74) is 3.12. The first kappa shape index (κ1) is 15.3. The molecule has 4 rings (SSSR count). The molecule has 0 saturated carbocycles. The lowest BCUT2D eigenvalue weighted by Crippen LogP contribution is -2.30. The lowest BCUT2D eigenvalue weighted by molar-refractivity contribution is 0.599. The maximum absolute atomic E-state index is 13.4. The topological polar surface area (TPSA) is 52.5 Å². The number of nitrogens with one attached hydrogen (secondary N) is 1. The van der Waals surface area contributed by atoms with Crippen LogP contribution in [-0.2, 0) is 11.8 Å². The Balaban J connectivity index is 1.91. The highest BCUT2D eigenvalue weighted by molar-refractivity contribution is 5.66. The third-order valence-electron chi connectivity index (χ3n) is 4.70. The van der Waals surface area contributed by atoms with E-state index in [9.17, 15) is 8.78 Å². The summed E-state index contributed by atoms with van der Waals surface area (Å²) in [6, 6.07) is 14.6. The molecule has 0 aliphatic heterocycles. The highest BCUT2D eigenvalue weighted by Gasteiger charge is 2.36. The standard InChI is InChI=1S/C20H13F2N3/c21-15-5-1-13(2-6-15)20(14-3-7-16(22)8-4-14)10-9-17-18(11-20)24-25-19(17)12-23/h1-10H,11H2,(H,24,25). The molecule has 1 N–H and O–H groups in total. The van der Waals surface area contributed by atoms with Gasteiger partial charge in [-0.15, -0.1) is 0 Å². The summed E-state index contributed by atoms with van der Waals surface area (Å²) in [7, 11) is 0. The second-order valence-electron chi connectivity index (χ2n) is 6.07. The second kappa shape index (κ2) is 5.67. The van der Waals surface area contributed by atoms with Gasteiger partial charge in [0, 0.05) is 23.1 Å². The minimum absolute atomic E-state index is 0.313. The van der Waals surface area contributed by atoms with Crippen LogP contribution in [0.2, 0.25) is 0 Å². The van der Waals surface area contributed by atoms with Crippen LogP contribution in [-0.4, -0.2) is 10.2 Å². The van der Waals surface area contributed by atoms with E-state index in [1.165, 1.54) is 24.3 Å². The number of halogens is 2. The number of fused-ring (bicyclic) bond motifs is 1. The van der Waals surface area contributed by atoms with Gasteiger partial charge in [-0.1, -0.05) is 36.4 Å². The summed E-state index contributed by atoms with van der Waals surface area (Å²) in [5.74, 6) is -0.626. The maximum atomic E-state index is 13.4. The van der Waals surface area contributed by atoms with Crippen molar-refractivity contribution >= 4 is 6.08 Å². The van der Waals surface area contributed by atoms with Gasteiger partial charge >= 0.3 is 0 Å². The molecule has 0 bridgehead atoms. The van der Waals surface area contributed by atoms with E-state index in [1.807, 2.05) is 12.2 Å². The van der Waals surface area contributed by atoms with Gasteiger partial charge in [0.05, 0.1) is 0 Å². The van der Waals surface area contributed by atoms with Crippen LogP contribution in [0.25, 0.3) is 6.08 Å². The molecule has 1 heterocycles. The third-order valence-corrected chi connectivity index (χ3v) is 4.70. The molecule has 1 aliphatic rings. The minimum Gasteiger partial charge on any atom is -0.281 e. The molecule has 1 aliphatic carbocycles. The molecule has 0 spiro atoms. The Morgan fingerprint density at radius 1 is 0.960 bits per heavy atom. The molecule has 0 atom stereocenters. The Bertz CT molecular complexity index is 947. The molecule has 2 aromatic carbocycles. The van der Waals surface area contributed by atoms with E-state index >= 15 is 0 Å². The van der Waals surface area contributed by atoms with E-state index in [2.05, 4.69) is 16.3 Å². The molecule has 0 saturated heterocycles. The van der Waals surface area contributed by atoms with Crippen LogP contribution in [0.15, 0.2) is 54.6 Å². The quantitative estimate of drug-likeness (QED) is 0.767. The van der Waals surface area contributed by atoms with E-state index in [-0.39, 0.29) is 11.6 Å². The fourth-order valence-corrected chi connectivity index (χ4v) is 3.41. The van der Waals surface area contributed by atoms with Crippen molar-refractivity contribution in [3.63, 3.8) is 0 Å². The number of hydrogen-bond donors (Lipinski definition) is 1. The van der Waals surface area contributed by atoms with Gasteiger partial charge < -0.3 is 0 Å². The number of aromatic nitrogens is 2. The summed E-state index contributed by atoms with van der Waals surface area (Å²) in [6.45, 7) is 0. The highest BCUT2D eigenvalue weighted by Crippen LogP contribution is 2.41. The number of nitrogens with zero attached hydrogens (tertiary/aromatic N) is 2. The predicted molar refractivity (Wildman–Crippen MR) is 89.6 cm³/mol. The molecular weight excluding hydrogens is 320 g/mol. The number of rotatable bonds is 2. The normalized spacial score (nSPS) is 14.8. The Morgan fingerprint density at radius 2 is 1.52 bits per heavy atom. The van der Waals surface area contributed by atoms with E-state index in [0.717, 1.165) is 22.4 Å². The van der Waals surface area contributed by atoms with Crippen LogP contribution in [0.1, 0.15) is 28.1 Å². The lowest BCUT2D eigenvalue weighted by Gasteiger charge is -2.34. The van der Waals surface area contributed by atoms with Crippen molar-refractivity contribution in [1.29, 1.82) is 5.26 Å². The number of hydrogen-bond acceptors (Lipinski definition) is 2. The van der Waals surface area contributed by atoms with Crippen LogP contribution in [0.4, 0.5) is 8.78 Å². The molecule has 0 unspecified atom stereocenters. The number of allylic oxidation sites excluding steroid dienone is 1. The van der Waals surface area contributed by atoms with Gasteiger partial charge in [0.15, 0.2) is 5.69 Å². The Hall–Kier alpha value is -3.26. The van der Waals surface area contributed by atoms with Gasteiger partial charge in [-0.05, 0) is 35.4 Å². The van der Waals surface area contributed by atoms with Crippen LogP contribution >= 0.6 is 0 Å². The minimum atomic E-state index is -0.590. The number of H-pyrrole nitrogens is 1.